The second-order valence-electron chi connectivity index (χ2n) is 4.96. The average molecular weight is 277 g/mol. The zero-order chi connectivity index (χ0) is 13.7. The predicted octanol–water partition coefficient (Wildman–Crippen LogP) is 3.40. The van der Waals surface area contributed by atoms with Gasteiger partial charge in [0.05, 0.1) is 12.0 Å². The van der Waals surface area contributed by atoms with Crippen LogP contribution in [0.2, 0.25) is 5.02 Å². The van der Waals surface area contributed by atoms with Crippen molar-refractivity contribution >= 4 is 17.5 Å². The standard InChI is InChI=1S/C15H17ClN2O/c16-14-8-4-3-7-13(14)11(10-17)9-15(19)18-12-5-1-2-6-12/h3-4,7-8,11-12H,1-2,5-6,9H2,(H,18,19). The highest BCUT2D eigenvalue weighted by molar-refractivity contribution is 6.31. The topological polar surface area (TPSA) is 52.9 Å². The van der Waals surface area contributed by atoms with Crippen LogP contribution in [0.3, 0.4) is 0 Å². The Labute approximate surface area is 118 Å². The van der Waals surface area contributed by atoms with Crippen molar-refractivity contribution in [3.8, 4) is 6.07 Å². The molecule has 0 bridgehead atoms. The molecule has 0 heterocycles. The van der Waals surface area contributed by atoms with Crippen molar-refractivity contribution in [3.05, 3.63) is 34.9 Å². The molecule has 1 aliphatic rings. The van der Waals surface area contributed by atoms with E-state index in [1.165, 1.54) is 12.8 Å². The third-order valence-corrected chi connectivity index (χ3v) is 3.89. The monoisotopic (exact) mass is 276 g/mol. The van der Waals surface area contributed by atoms with Crippen molar-refractivity contribution < 1.29 is 4.79 Å². The molecule has 1 amide bonds. The minimum atomic E-state index is -0.477. The molecule has 1 aromatic carbocycles. The maximum Gasteiger partial charge on any atom is 0.221 e. The molecule has 0 aromatic heterocycles. The maximum atomic E-state index is 11.9. The summed E-state index contributed by atoms with van der Waals surface area (Å²) < 4.78 is 0. The maximum absolute atomic E-state index is 11.9. The Kier molecular flexibility index (Phi) is 4.81. The summed E-state index contributed by atoms with van der Waals surface area (Å²) in [6.45, 7) is 0. The van der Waals surface area contributed by atoms with E-state index in [1.807, 2.05) is 12.1 Å². The van der Waals surface area contributed by atoms with Gasteiger partial charge in [0.2, 0.25) is 5.91 Å². The van der Waals surface area contributed by atoms with Crippen LogP contribution >= 0.6 is 11.6 Å². The van der Waals surface area contributed by atoms with Gasteiger partial charge in [-0.15, -0.1) is 0 Å². The lowest BCUT2D eigenvalue weighted by atomic mass is 9.96. The number of nitrogens with zero attached hydrogens (tertiary/aromatic N) is 1. The molecular weight excluding hydrogens is 260 g/mol. The van der Waals surface area contributed by atoms with Crippen LogP contribution in [0.5, 0.6) is 0 Å². The number of nitrogens with one attached hydrogen (secondary N) is 1. The number of halogens is 1. The fourth-order valence-corrected chi connectivity index (χ4v) is 2.79. The van der Waals surface area contributed by atoms with E-state index >= 15 is 0 Å². The molecule has 1 aliphatic carbocycles. The zero-order valence-electron chi connectivity index (χ0n) is 10.7. The quantitative estimate of drug-likeness (QED) is 0.916. The molecule has 4 heteroatoms. The Morgan fingerprint density at radius 2 is 2.11 bits per heavy atom. The third kappa shape index (κ3) is 3.71. The Balaban J connectivity index is 1.97. The van der Waals surface area contributed by atoms with Crippen LogP contribution in [0.15, 0.2) is 24.3 Å². The van der Waals surface area contributed by atoms with Crippen molar-refractivity contribution in [2.24, 2.45) is 0 Å². The lowest BCUT2D eigenvalue weighted by Crippen LogP contribution is -2.33. The first-order chi connectivity index (χ1) is 9.20. The van der Waals surface area contributed by atoms with E-state index in [2.05, 4.69) is 11.4 Å². The molecule has 3 nitrogen and oxygen atoms in total. The molecule has 19 heavy (non-hydrogen) atoms. The molecule has 1 unspecified atom stereocenters. The Bertz CT molecular complexity index is 489. The number of benzene rings is 1. The molecule has 0 radical (unpaired) electrons. The van der Waals surface area contributed by atoms with E-state index < -0.39 is 5.92 Å². The van der Waals surface area contributed by atoms with E-state index in [9.17, 15) is 10.1 Å². The molecule has 1 fully saturated rings. The Hall–Kier alpha value is -1.53. The van der Waals surface area contributed by atoms with Crippen molar-refractivity contribution in [2.45, 2.75) is 44.1 Å². The fourth-order valence-electron chi connectivity index (χ4n) is 2.52. The van der Waals surface area contributed by atoms with Crippen molar-refractivity contribution in [1.29, 1.82) is 5.26 Å². The smallest absolute Gasteiger partial charge is 0.221 e. The molecule has 1 N–H and O–H groups in total. The molecular formula is C15H17ClN2O. The third-order valence-electron chi connectivity index (χ3n) is 3.55. The minimum absolute atomic E-state index is 0.0571. The minimum Gasteiger partial charge on any atom is -0.353 e. The van der Waals surface area contributed by atoms with Crippen LogP contribution in [0.1, 0.15) is 43.6 Å². The summed E-state index contributed by atoms with van der Waals surface area (Å²) in [5.74, 6) is -0.534. The number of amides is 1. The fraction of sp³-hybridized carbons (Fsp3) is 0.467. The highest BCUT2D eigenvalue weighted by Gasteiger charge is 2.21. The van der Waals surface area contributed by atoms with E-state index in [0.717, 1.165) is 18.4 Å². The van der Waals surface area contributed by atoms with Gasteiger partial charge in [-0.2, -0.15) is 5.26 Å². The van der Waals surface area contributed by atoms with Crippen molar-refractivity contribution in [2.75, 3.05) is 0 Å². The van der Waals surface area contributed by atoms with Gasteiger partial charge in [-0.1, -0.05) is 42.6 Å². The normalized spacial score (nSPS) is 16.8. The van der Waals surface area contributed by atoms with E-state index in [1.54, 1.807) is 12.1 Å². The van der Waals surface area contributed by atoms with E-state index in [0.29, 0.717) is 5.02 Å². The van der Waals surface area contributed by atoms with Crippen LogP contribution in [0.25, 0.3) is 0 Å². The van der Waals surface area contributed by atoms with Crippen LogP contribution in [0, 0.1) is 11.3 Å². The summed E-state index contributed by atoms with van der Waals surface area (Å²) in [4.78, 5) is 11.9. The molecule has 1 saturated carbocycles. The lowest BCUT2D eigenvalue weighted by molar-refractivity contribution is -0.121. The van der Waals surface area contributed by atoms with Gasteiger partial charge in [-0.25, -0.2) is 0 Å². The summed E-state index contributed by atoms with van der Waals surface area (Å²) in [7, 11) is 0. The summed E-state index contributed by atoms with van der Waals surface area (Å²) in [6, 6.07) is 9.66. The Morgan fingerprint density at radius 3 is 2.74 bits per heavy atom. The van der Waals surface area contributed by atoms with Gasteiger partial charge < -0.3 is 5.32 Å². The summed E-state index contributed by atoms with van der Waals surface area (Å²) >= 11 is 6.07. The van der Waals surface area contributed by atoms with Gasteiger partial charge in [-0.3, -0.25) is 4.79 Å². The van der Waals surface area contributed by atoms with E-state index in [-0.39, 0.29) is 18.4 Å². The molecule has 0 aliphatic heterocycles. The first kappa shape index (κ1) is 13.9. The van der Waals surface area contributed by atoms with Crippen molar-refractivity contribution in [3.63, 3.8) is 0 Å². The second kappa shape index (κ2) is 6.58. The molecule has 1 atom stereocenters. The summed E-state index contributed by atoms with van der Waals surface area (Å²) in [5.41, 5.74) is 0.730. The molecule has 0 saturated heterocycles. The highest BCUT2D eigenvalue weighted by atomic mass is 35.5. The summed E-state index contributed by atoms with van der Waals surface area (Å²) in [5, 5.41) is 12.8. The Morgan fingerprint density at radius 1 is 1.42 bits per heavy atom. The highest BCUT2D eigenvalue weighted by Crippen LogP contribution is 2.26. The zero-order valence-corrected chi connectivity index (χ0v) is 11.5. The van der Waals surface area contributed by atoms with E-state index in [4.69, 9.17) is 11.6 Å². The first-order valence-corrected chi connectivity index (χ1v) is 7.02. The van der Waals surface area contributed by atoms with Gasteiger partial charge >= 0.3 is 0 Å². The number of hydrogen-bond acceptors (Lipinski definition) is 2. The second-order valence-corrected chi connectivity index (χ2v) is 5.36. The summed E-state index contributed by atoms with van der Waals surface area (Å²) in [6.07, 6.45) is 4.63. The van der Waals surface area contributed by atoms with Gasteiger partial charge in [0, 0.05) is 17.5 Å². The van der Waals surface area contributed by atoms with Gasteiger partial charge in [0.15, 0.2) is 0 Å². The van der Waals surface area contributed by atoms with Gasteiger partial charge in [0.1, 0.15) is 0 Å². The van der Waals surface area contributed by atoms with Crippen molar-refractivity contribution in [1.82, 2.24) is 5.32 Å². The molecule has 2 rings (SSSR count). The van der Waals surface area contributed by atoms with Gasteiger partial charge in [0.25, 0.3) is 0 Å². The van der Waals surface area contributed by atoms with Crippen LogP contribution in [-0.2, 0) is 4.79 Å². The van der Waals surface area contributed by atoms with Crippen LogP contribution in [0.4, 0.5) is 0 Å². The number of carbonyl (C=O) groups excluding carboxylic acids is 1. The van der Waals surface area contributed by atoms with Gasteiger partial charge in [-0.05, 0) is 24.5 Å². The molecule has 0 spiro atoms. The molecule has 1 aromatic rings. The van der Waals surface area contributed by atoms with Crippen LogP contribution in [-0.4, -0.2) is 11.9 Å². The first-order valence-electron chi connectivity index (χ1n) is 6.64. The predicted molar refractivity (Wildman–Crippen MR) is 74.8 cm³/mol. The molecule has 100 valence electrons. The SMILES string of the molecule is N#CC(CC(=O)NC1CCCC1)c1ccccc1Cl. The average Bonchev–Trinajstić information content (AvgIpc) is 2.89. The van der Waals surface area contributed by atoms with Crippen LogP contribution < -0.4 is 5.32 Å². The number of rotatable bonds is 4. The number of hydrogen-bond donors (Lipinski definition) is 1. The lowest BCUT2D eigenvalue weighted by Gasteiger charge is -2.15. The number of carbonyl (C=O) groups is 1. The number of nitriles is 1. The largest absolute Gasteiger partial charge is 0.353 e.